The Bertz CT molecular complexity index is 347. The molecule has 74 valence electrons. The van der Waals surface area contributed by atoms with Gasteiger partial charge in [-0.3, -0.25) is 0 Å². The molecule has 0 aromatic heterocycles. The molecule has 0 saturated carbocycles. The molecular weight excluding hydrogens is 181 g/mol. The maximum Gasteiger partial charge on any atom is 0.129 e. The van der Waals surface area contributed by atoms with Gasteiger partial charge < -0.3 is 10.1 Å². The minimum absolute atomic E-state index is 0.161. The zero-order valence-electron chi connectivity index (χ0n) is 7.96. The van der Waals surface area contributed by atoms with Crippen molar-refractivity contribution < 1.29 is 9.13 Å². The van der Waals surface area contributed by atoms with Crippen molar-refractivity contribution in [1.82, 2.24) is 0 Å². The van der Waals surface area contributed by atoms with Gasteiger partial charge in [0.05, 0.1) is 5.71 Å². The summed E-state index contributed by atoms with van der Waals surface area (Å²) in [6.07, 6.45) is 3.40. The lowest BCUT2D eigenvalue weighted by Crippen LogP contribution is -2.07. The van der Waals surface area contributed by atoms with E-state index in [1.165, 1.54) is 12.1 Å². The highest BCUT2D eigenvalue weighted by molar-refractivity contribution is 5.93. The molecule has 1 aromatic carbocycles. The Balaban J connectivity index is 2.49. The highest BCUT2D eigenvalue weighted by Crippen LogP contribution is 2.11. The third-order valence-electron chi connectivity index (χ3n) is 1.56. The first-order chi connectivity index (χ1) is 6.72. The number of allylic oxidation sites excluding steroid dienone is 1. The SMILES string of the molecule is C/C=C\C(=N)COc1cccc(F)c1. The van der Waals surface area contributed by atoms with Gasteiger partial charge in [0.15, 0.2) is 0 Å². The topological polar surface area (TPSA) is 33.1 Å². The van der Waals surface area contributed by atoms with Crippen molar-refractivity contribution >= 4 is 5.71 Å². The number of benzene rings is 1. The molecule has 0 aliphatic rings. The average molecular weight is 193 g/mol. The Morgan fingerprint density at radius 3 is 3.00 bits per heavy atom. The van der Waals surface area contributed by atoms with Gasteiger partial charge in [-0.15, -0.1) is 0 Å². The van der Waals surface area contributed by atoms with E-state index in [9.17, 15) is 4.39 Å². The second kappa shape index (κ2) is 5.17. The Morgan fingerprint density at radius 1 is 1.57 bits per heavy atom. The smallest absolute Gasteiger partial charge is 0.129 e. The fraction of sp³-hybridized carbons (Fsp3) is 0.182. The van der Waals surface area contributed by atoms with E-state index in [-0.39, 0.29) is 12.4 Å². The van der Waals surface area contributed by atoms with E-state index in [1.807, 2.05) is 6.92 Å². The zero-order valence-corrected chi connectivity index (χ0v) is 7.96. The van der Waals surface area contributed by atoms with Crippen LogP contribution in [0.4, 0.5) is 4.39 Å². The molecule has 0 aliphatic carbocycles. The summed E-state index contributed by atoms with van der Waals surface area (Å²) in [6, 6.07) is 5.88. The molecule has 1 aromatic rings. The van der Waals surface area contributed by atoms with Gasteiger partial charge in [-0.25, -0.2) is 4.39 Å². The normalized spacial score (nSPS) is 10.4. The standard InChI is InChI=1S/C11H12FNO/c1-2-4-10(13)8-14-11-6-3-5-9(12)7-11/h2-7,13H,8H2,1H3/b4-2-,13-10?. The van der Waals surface area contributed by atoms with Crippen molar-refractivity contribution in [1.29, 1.82) is 5.41 Å². The van der Waals surface area contributed by atoms with Gasteiger partial charge in [-0.05, 0) is 25.1 Å². The fourth-order valence-corrected chi connectivity index (χ4v) is 0.967. The molecule has 1 rings (SSSR count). The number of rotatable bonds is 4. The van der Waals surface area contributed by atoms with Crippen LogP contribution in [0.3, 0.4) is 0 Å². The highest BCUT2D eigenvalue weighted by Gasteiger charge is 1.96. The van der Waals surface area contributed by atoms with Crippen LogP contribution in [0.2, 0.25) is 0 Å². The molecule has 0 heterocycles. The minimum Gasteiger partial charge on any atom is -0.487 e. The quantitative estimate of drug-likeness (QED) is 0.733. The fourth-order valence-electron chi connectivity index (χ4n) is 0.967. The van der Waals surface area contributed by atoms with Gasteiger partial charge >= 0.3 is 0 Å². The molecule has 0 saturated heterocycles. The van der Waals surface area contributed by atoms with E-state index in [2.05, 4.69) is 0 Å². The molecule has 2 nitrogen and oxygen atoms in total. The Hall–Kier alpha value is -1.64. The van der Waals surface area contributed by atoms with E-state index >= 15 is 0 Å². The molecule has 0 fully saturated rings. The lowest BCUT2D eigenvalue weighted by Gasteiger charge is -2.04. The molecule has 14 heavy (non-hydrogen) atoms. The van der Waals surface area contributed by atoms with Crippen molar-refractivity contribution in [2.24, 2.45) is 0 Å². The molecule has 0 unspecified atom stereocenters. The van der Waals surface area contributed by atoms with Crippen molar-refractivity contribution in [3.05, 3.63) is 42.2 Å². The van der Waals surface area contributed by atoms with Gasteiger partial charge in [0.1, 0.15) is 18.2 Å². The summed E-state index contributed by atoms with van der Waals surface area (Å²) in [6.45, 7) is 1.99. The summed E-state index contributed by atoms with van der Waals surface area (Å²) >= 11 is 0. The first-order valence-corrected chi connectivity index (χ1v) is 4.31. The molecule has 0 atom stereocenters. The number of halogens is 1. The van der Waals surface area contributed by atoms with Crippen LogP contribution >= 0.6 is 0 Å². The van der Waals surface area contributed by atoms with Crippen molar-refractivity contribution in [3.63, 3.8) is 0 Å². The highest BCUT2D eigenvalue weighted by atomic mass is 19.1. The third kappa shape index (κ3) is 3.39. The van der Waals surface area contributed by atoms with Gasteiger partial charge in [-0.1, -0.05) is 12.1 Å². The van der Waals surface area contributed by atoms with Crippen LogP contribution in [-0.2, 0) is 0 Å². The van der Waals surface area contributed by atoms with Crippen molar-refractivity contribution in [2.75, 3.05) is 6.61 Å². The summed E-state index contributed by atoms with van der Waals surface area (Å²) in [5.41, 5.74) is 0.358. The molecule has 3 heteroatoms. The first kappa shape index (κ1) is 10.4. The molecule has 0 aliphatic heterocycles. The van der Waals surface area contributed by atoms with Crippen LogP contribution in [0, 0.1) is 11.2 Å². The first-order valence-electron chi connectivity index (χ1n) is 4.31. The Kier molecular flexibility index (Phi) is 3.85. The number of nitrogens with one attached hydrogen (secondary N) is 1. The van der Waals surface area contributed by atoms with Crippen LogP contribution < -0.4 is 4.74 Å². The maximum absolute atomic E-state index is 12.7. The van der Waals surface area contributed by atoms with E-state index < -0.39 is 0 Å². The summed E-state index contributed by atoms with van der Waals surface area (Å²) in [5.74, 6) is 0.110. The summed E-state index contributed by atoms with van der Waals surface area (Å²) in [7, 11) is 0. The lowest BCUT2D eigenvalue weighted by atomic mass is 10.3. The summed E-state index contributed by atoms with van der Waals surface area (Å²) in [5, 5.41) is 7.39. The summed E-state index contributed by atoms with van der Waals surface area (Å²) in [4.78, 5) is 0. The van der Waals surface area contributed by atoms with Crippen LogP contribution in [0.5, 0.6) is 5.75 Å². The van der Waals surface area contributed by atoms with Gasteiger partial charge in [0, 0.05) is 6.07 Å². The van der Waals surface area contributed by atoms with Crippen LogP contribution in [0.1, 0.15) is 6.92 Å². The van der Waals surface area contributed by atoms with E-state index in [1.54, 1.807) is 24.3 Å². The zero-order chi connectivity index (χ0) is 10.4. The van der Waals surface area contributed by atoms with E-state index in [4.69, 9.17) is 10.1 Å². The second-order valence-electron chi connectivity index (χ2n) is 2.77. The minimum atomic E-state index is -0.333. The number of hydrogen-bond acceptors (Lipinski definition) is 2. The van der Waals surface area contributed by atoms with Gasteiger partial charge in [-0.2, -0.15) is 0 Å². The average Bonchev–Trinajstić information content (AvgIpc) is 2.15. The largest absolute Gasteiger partial charge is 0.487 e. The number of hydrogen-bond donors (Lipinski definition) is 1. The predicted octanol–water partition coefficient (Wildman–Crippen LogP) is 2.80. The Labute approximate surface area is 82.5 Å². The Morgan fingerprint density at radius 2 is 2.36 bits per heavy atom. The second-order valence-corrected chi connectivity index (χ2v) is 2.77. The van der Waals surface area contributed by atoms with Crippen LogP contribution in [0.15, 0.2) is 36.4 Å². The van der Waals surface area contributed by atoms with E-state index in [0.717, 1.165) is 0 Å². The molecular formula is C11H12FNO. The van der Waals surface area contributed by atoms with Crippen LogP contribution in [0.25, 0.3) is 0 Å². The van der Waals surface area contributed by atoms with Crippen molar-refractivity contribution in [2.45, 2.75) is 6.92 Å². The molecule has 0 amide bonds. The molecule has 0 radical (unpaired) electrons. The monoisotopic (exact) mass is 193 g/mol. The van der Waals surface area contributed by atoms with Gasteiger partial charge in [0.25, 0.3) is 0 Å². The van der Waals surface area contributed by atoms with Crippen molar-refractivity contribution in [3.8, 4) is 5.75 Å². The summed E-state index contributed by atoms with van der Waals surface area (Å²) < 4.78 is 17.9. The molecule has 0 bridgehead atoms. The lowest BCUT2D eigenvalue weighted by molar-refractivity contribution is 0.374. The maximum atomic E-state index is 12.7. The number of ether oxygens (including phenoxy) is 1. The van der Waals surface area contributed by atoms with E-state index in [0.29, 0.717) is 11.5 Å². The predicted molar refractivity (Wildman–Crippen MR) is 54.4 cm³/mol. The third-order valence-corrected chi connectivity index (χ3v) is 1.56. The van der Waals surface area contributed by atoms with Crippen LogP contribution in [-0.4, -0.2) is 12.3 Å². The molecule has 1 N–H and O–H groups in total. The van der Waals surface area contributed by atoms with Gasteiger partial charge in [0.2, 0.25) is 0 Å². The molecule has 0 spiro atoms.